The van der Waals surface area contributed by atoms with Crippen LogP contribution in [0.5, 0.6) is 5.75 Å². The van der Waals surface area contributed by atoms with Crippen molar-refractivity contribution in [3.8, 4) is 5.75 Å². The third kappa shape index (κ3) is 5.78. The van der Waals surface area contributed by atoms with Crippen molar-refractivity contribution >= 4 is 21.9 Å². The smallest absolute Gasteiger partial charge is 0.309 e. The first-order valence-corrected chi connectivity index (χ1v) is 11.9. The number of aryl methyl sites for hydroxylation is 1. The van der Waals surface area contributed by atoms with Gasteiger partial charge in [0.15, 0.2) is 0 Å². The Bertz CT molecular complexity index is 1190. The maximum absolute atomic E-state index is 12.7. The molecule has 1 N–H and O–H groups in total. The summed E-state index contributed by atoms with van der Waals surface area (Å²) in [5.74, 6) is 0.492. The van der Waals surface area contributed by atoms with Gasteiger partial charge in [-0.1, -0.05) is 52.0 Å². The molecule has 1 heterocycles. The number of halogens is 1. The van der Waals surface area contributed by atoms with Crippen molar-refractivity contribution in [1.82, 2.24) is 4.57 Å². The zero-order chi connectivity index (χ0) is 22.8. The highest BCUT2D eigenvalue weighted by molar-refractivity contribution is 7.84. The van der Waals surface area contributed by atoms with Crippen LogP contribution < -0.4 is 16.4 Å². The molecule has 0 saturated carbocycles. The largest absolute Gasteiger partial charge is 1.00 e. The number of hydrogen-bond acceptors (Lipinski definition) is 4. The van der Waals surface area contributed by atoms with Gasteiger partial charge in [0.05, 0.1) is 12.7 Å². The molecule has 0 radical (unpaired) electrons. The highest BCUT2D eigenvalue weighted by Crippen LogP contribution is 2.34. The van der Waals surface area contributed by atoms with Crippen LogP contribution in [0.4, 0.5) is 5.69 Å². The number of aliphatic imine (C=N–C) groups is 1. The number of benzene rings is 2. The SMILES string of the molecule is CC(C)c1cccc(C(C)C)c1/N=C/c1cc(CS(=O)(=O)[n+]2ccn(C)c2)ccc1O.[Cl-]. The summed E-state index contributed by atoms with van der Waals surface area (Å²) in [6.07, 6.45) is 6.31. The summed E-state index contributed by atoms with van der Waals surface area (Å²) in [7, 11) is -1.79. The summed E-state index contributed by atoms with van der Waals surface area (Å²) in [6, 6.07) is 11.0. The number of nitrogens with zero attached hydrogens (tertiary/aromatic N) is 3. The Morgan fingerprint density at radius 1 is 1.09 bits per heavy atom. The summed E-state index contributed by atoms with van der Waals surface area (Å²) in [5, 5.41) is 10.3. The average molecular weight is 476 g/mol. The first kappa shape index (κ1) is 25.6. The van der Waals surface area contributed by atoms with E-state index in [1.54, 1.807) is 36.2 Å². The first-order valence-electron chi connectivity index (χ1n) is 10.3. The van der Waals surface area contributed by atoms with Crippen LogP contribution in [0.2, 0.25) is 0 Å². The number of rotatable bonds is 7. The van der Waals surface area contributed by atoms with E-state index in [0.717, 1.165) is 16.8 Å². The number of aromatic hydroxyl groups is 1. The topological polar surface area (TPSA) is 75.5 Å². The molecule has 0 spiro atoms. The van der Waals surface area contributed by atoms with Crippen molar-refractivity contribution in [3.05, 3.63) is 77.4 Å². The van der Waals surface area contributed by atoms with Crippen molar-refractivity contribution in [2.75, 3.05) is 0 Å². The van der Waals surface area contributed by atoms with Crippen molar-refractivity contribution in [2.45, 2.75) is 45.3 Å². The molecular formula is C24H30ClN3O3S. The lowest BCUT2D eigenvalue weighted by atomic mass is 9.93. The Labute approximate surface area is 196 Å². The molecule has 1 aromatic heterocycles. The minimum Gasteiger partial charge on any atom is -1.00 e. The molecule has 3 rings (SSSR count). The molecule has 172 valence electrons. The minimum absolute atomic E-state index is 0. The molecule has 0 aliphatic heterocycles. The monoisotopic (exact) mass is 475 g/mol. The number of aromatic nitrogens is 2. The second kappa shape index (κ2) is 10.3. The lowest BCUT2D eigenvalue weighted by Gasteiger charge is -2.16. The molecule has 2 aromatic carbocycles. The van der Waals surface area contributed by atoms with E-state index in [1.165, 1.54) is 22.6 Å². The molecule has 0 atom stereocenters. The number of hydrogen-bond donors (Lipinski definition) is 1. The Hall–Kier alpha value is -2.64. The quantitative estimate of drug-likeness (QED) is 0.414. The fourth-order valence-electron chi connectivity index (χ4n) is 3.47. The molecular weight excluding hydrogens is 446 g/mol. The Morgan fingerprint density at radius 3 is 2.25 bits per heavy atom. The maximum atomic E-state index is 12.7. The van der Waals surface area contributed by atoms with E-state index in [2.05, 4.69) is 39.8 Å². The maximum Gasteiger partial charge on any atom is 0.309 e. The number of para-hydroxylation sites is 1. The Morgan fingerprint density at radius 2 is 1.72 bits per heavy atom. The number of phenols is 1. The van der Waals surface area contributed by atoms with E-state index >= 15 is 0 Å². The van der Waals surface area contributed by atoms with Crippen LogP contribution in [0.1, 0.15) is 61.8 Å². The van der Waals surface area contributed by atoms with Crippen molar-refractivity contribution in [2.24, 2.45) is 12.0 Å². The fraction of sp³-hybridized carbons (Fsp3) is 0.333. The minimum atomic E-state index is -3.56. The van der Waals surface area contributed by atoms with Crippen LogP contribution in [0.15, 0.2) is 60.1 Å². The Kier molecular flexibility index (Phi) is 8.26. The molecule has 0 aliphatic rings. The van der Waals surface area contributed by atoms with Crippen LogP contribution in [0.25, 0.3) is 0 Å². The zero-order valence-electron chi connectivity index (χ0n) is 19.0. The second-order valence-electron chi connectivity index (χ2n) is 8.41. The third-order valence-corrected chi connectivity index (χ3v) is 6.74. The predicted molar refractivity (Wildman–Crippen MR) is 124 cm³/mol. The summed E-state index contributed by atoms with van der Waals surface area (Å²) in [4.78, 5) is 4.74. The molecule has 32 heavy (non-hydrogen) atoms. The standard InChI is InChI=1S/C24H29N3O3S.ClH/c1-17(2)21-7-6-8-22(18(3)4)24(21)25-14-20-13-19(9-10-23(20)28)15-31(29,30)27-12-11-26(5)16-27;/h6-14,16-18H,15H2,1-5H3;1H. The van der Waals surface area contributed by atoms with Crippen LogP contribution in [0, 0.1) is 0 Å². The zero-order valence-corrected chi connectivity index (χ0v) is 20.6. The van der Waals surface area contributed by atoms with E-state index in [9.17, 15) is 13.5 Å². The summed E-state index contributed by atoms with van der Waals surface area (Å²) < 4.78 is 28.2. The van der Waals surface area contributed by atoms with Gasteiger partial charge in [-0.3, -0.25) is 4.99 Å². The molecule has 8 heteroatoms. The molecule has 0 fully saturated rings. The highest BCUT2D eigenvalue weighted by Gasteiger charge is 2.20. The van der Waals surface area contributed by atoms with Gasteiger partial charge < -0.3 is 17.5 Å². The fourth-order valence-corrected chi connectivity index (χ4v) is 4.75. The van der Waals surface area contributed by atoms with Gasteiger partial charge in [-0.15, -0.1) is 3.97 Å². The van der Waals surface area contributed by atoms with E-state index in [-0.39, 0.29) is 23.9 Å². The number of phenolic OH excluding ortho intramolecular Hbond substituents is 1. The van der Waals surface area contributed by atoms with Crippen LogP contribution in [-0.2, 0) is 22.8 Å². The number of imidazole rings is 1. The van der Waals surface area contributed by atoms with Gasteiger partial charge in [0.25, 0.3) is 6.33 Å². The van der Waals surface area contributed by atoms with Crippen molar-refractivity contribution in [1.29, 1.82) is 0 Å². The van der Waals surface area contributed by atoms with Crippen molar-refractivity contribution in [3.63, 3.8) is 0 Å². The molecule has 0 saturated heterocycles. The van der Waals surface area contributed by atoms with E-state index in [1.807, 2.05) is 6.07 Å². The van der Waals surface area contributed by atoms with Crippen molar-refractivity contribution < 1.29 is 29.9 Å². The van der Waals surface area contributed by atoms with Crippen LogP contribution in [0.3, 0.4) is 0 Å². The van der Waals surface area contributed by atoms with Gasteiger partial charge in [0.2, 0.25) is 0 Å². The molecule has 6 nitrogen and oxygen atoms in total. The lowest BCUT2D eigenvalue weighted by Crippen LogP contribution is -3.00. The van der Waals surface area contributed by atoms with Crippen LogP contribution >= 0.6 is 0 Å². The summed E-state index contributed by atoms with van der Waals surface area (Å²) in [5.41, 5.74) is 4.25. The summed E-state index contributed by atoms with van der Waals surface area (Å²) >= 11 is 0. The normalized spacial score (nSPS) is 12.0. The van der Waals surface area contributed by atoms with Gasteiger partial charge in [-0.25, -0.2) is 4.57 Å². The predicted octanol–water partition coefficient (Wildman–Crippen LogP) is 1.40. The second-order valence-corrected chi connectivity index (χ2v) is 10.3. The molecule has 0 bridgehead atoms. The lowest BCUT2D eigenvalue weighted by molar-refractivity contribution is -0.510. The van der Waals surface area contributed by atoms with Gasteiger partial charge in [0.1, 0.15) is 23.9 Å². The highest BCUT2D eigenvalue weighted by atomic mass is 35.5. The van der Waals surface area contributed by atoms with Crippen LogP contribution in [-0.4, -0.2) is 24.3 Å². The Balaban J connectivity index is 0.00000363. The molecule has 0 amide bonds. The van der Waals surface area contributed by atoms with Gasteiger partial charge in [-0.05, 0) is 40.7 Å². The van der Waals surface area contributed by atoms with Gasteiger partial charge in [0, 0.05) is 11.8 Å². The first-order chi connectivity index (χ1) is 14.6. The van der Waals surface area contributed by atoms with E-state index in [0.29, 0.717) is 23.0 Å². The summed E-state index contributed by atoms with van der Waals surface area (Å²) in [6.45, 7) is 8.51. The van der Waals surface area contributed by atoms with E-state index < -0.39 is 10.0 Å². The third-order valence-electron chi connectivity index (χ3n) is 5.18. The van der Waals surface area contributed by atoms with Gasteiger partial charge >= 0.3 is 10.0 Å². The average Bonchev–Trinajstić information content (AvgIpc) is 3.15. The molecule has 0 aliphatic carbocycles. The molecule has 3 aromatic rings. The molecule has 0 unspecified atom stereocenters. The van der Waals surface area contributed by atoms with E-state index in [4.69, 9.17) is 4.99 Å². The van der Waals surface area contributed by atoms with Gasteiger partial charge in [-0.2, -0.15) is 8.42 Å².